The molecule has 2 unspecified atom stereocenters. The van der Waals surface area contributed by atoms with E-state index >= 15 is 0 Å². The number of hydrogen-bond acceptors (Lipinski definition) is 4. The van der Waals surface area contributed by atoms with Gasteiger partial charge in [0.15, 0.2) is 0 Å². The molecule has 5 rings (SSSR count). The first kappa shape index (κ1) is 18.0. The second-order valence-electron chi connectivity index (χ2n) is 8.32. The quantitative estimate of drug-likeness (QED) is 0.705. The Hall–Kier alpha value is -1.07. The van der Waals surface area contributed by atoms with Gasteiger partial charge in [0, 0.05) is 23.1 Å². The first-order chi connectivity index (χ1) is 13.1. The summed E-state index contributed by atoms with van der Waals surface area (Å²) in [6.45, 7) is 0.492. The van der Waals surface area contributed by atoms with Gasteiger partial charge in [0.1, 0.15) is 11.5 Å². The molecule has 6 heteroatoms. The molecule has 3 saturated carbocycles. The third-order valence-electron chi connectivity index (χ3n) is 6.56. The van der Waals surface area contributed by atoms with E-state index in [-0.39, 0.29) is 6.10 Å². The van der Waals surface area contributed by atoms with E-state index in [1.54, 1.807) is 0 Å². The standard InChI is InChI=1S/C21H24Cl2N2O2/c22-16-2-1-3-17(23)18(16)20-15(21(27-25-20)11-4-5-11)10-26-14-8-12-6-7-13(9-14)19(12)24/h1-3,11-14,19H,4-10,24H2/t12-,13+,14?,19?. The van der Waals surface area contributed by atoms with E-state index in [0.29, 0.717) is 40.4 Å². The van der Waals surface area contributed by atoms with Crippen LogP contribution in [0, 0.1) is 11.8 Å². The van der Waals surface area contributed by atoms with Gasteiger partial charge in [-0.05, 0) is 62.5 Å². The highest BCUT2D eigenvalue weighted by atomic mass is 35.5. The predicted molar refractivity (Wildman–Crippen MR) is 106 cm³/mol. The maximum atomic E-state index is 6.43. The summed E-state index contributed by atoms with van der Waals surface area (Å²) in [4.78, 5) is 0. The Kier molecular flexibility index (Phi) is 4.71. The van der Waals surface area contributed by atoms with Crippen molar-refractivity contribution in [2.45, 2.75) is 63.2 Å². The number of rotatable bonds is 5. The summed E-state index contributed by atoms with van der Waals surface area (Å²) in [5.74, 6) is 2.60. The first-order valence-corrected chi connectivity index (χ1v) is 10.7. The molecule has 2 bridgehead atoms. The zero-order valence-electron chi connectivity index (χ0n) is 15.2. The van der Waals surface area contributed by atoms with Crippen molar-refractivity contribution in [1.29, 1.82) is 0 Å². The fourth-order valence-electron chi connectivity index (χ4n) is 4.90. The number of aromatic nitrogens is 1. The Bertz CT molecular complexity index is 814. The van der Waals surface area contributed by atoms with Crippen LogP contribution in [-0.4, -0.2) is 17.3 Å². The third kappa shape index (κ3) is 3.31. The van der Waals surface area contributed by atoms with Crippen LogP contribution in [0.1, 0.15) is 55.8 Å². The van der Waals surface area contributed by atoms with Crippen LogP contribution < -0.4 is 5.73 Å². The second-order valence-corrected chi connectivity index (χ2v) is 9.14. The smallest absolute Gasteiger partial charge is 0.145 e. The Balaban J connectivity index is 1.41. The van der Waals surface area contributed by atoms with E-state index in [1.807, 2.05) is 18.2 Å². The summed E-state index contributed by atoms with van der Waals surface area (Å²) >= 11 is 12.9. The minimum Gasteiger partial charge on any atom is -0.373 e. The first-order valence-electron chi connectivity index (χ1n) is 9.91. The third-order valence-corrected chi connectivity index (χ3v) is 7.19. The molecular weight excluding hydrogens is 383 g/mol. The monoisotopic (exact) mass is 406 g/mol. The number of nitrogens with zero attached hydrogens (tertiary/aromatic N) is 1. The van der Waals surface area contributed by atoms with E-state index in [0.717, 1.165) is 48.3 Å². The Morgan fingerprint density at radius 1 is 1.07 bits per heavy atom. The molecule has 3 fully saturated rings. The summed E-state index contributed by atoms with van der Waals surface area (Å²) in [6.07, 6.45) is 7.15. The van der Waals surface area contributed by atoms with Gasteiger partial charge in [0.2, 0.25) is 0 Å². The Labute approximate surface area is 169 Å². The molecule has 4 atom stereocenters. The van der Waals surface area contributed by atoms with Crippen molar-refractivity contribution >= 4 is 23.2 Å². The topological polar surface area (TPSA) is 61.3 Å². The highest BCUT2D eigenvalue weighted by molar-refractivity contribution is 6.39. The van der Waals surface area contributed by atoms with Gasteiger partial charge < -0.3 is 15.0 Å². The number of halogens is 2. The molecule has 27 heavy (non-hydrogen) atoms. The van der Waals surface area contributed by atoms with Crippen LogP contribution >= 0.6 is 23.2 Å². The van der Waals surface area contributed by atoms with E-state index in [1.165, 1.54) is 12.8 Å². The van der Waals surface area contributed by atoms with Crippen molar-refractivity contribution in [3.63, 3.8) is 0 Å². The fourth-order valence-corrected chi connectivity index (χ4v) is 5.48. The van der Waals surface area contributed by atoms with Gasteiger partial charge >= 0.3 is 0 Å². The number of nitrogens with two attached hydrogens (primary N) is 1. The van der Waals surface area contributed by atoms with Gasteiger partial charge in [0.05, 0.1) is 22.8 Å². The maximum absolute atomic E-state index is 6.43. The number of benzene rings is 1. The molecule has 3 aliphatic carbocycles. The summed E-state index contributed by atoms with van der Waals surface area (Å²) in [7, 11) is 0. The van der Waals surface area contributed by atoms with Gasteiger partial charge in [-0.3, -0.25) is 0 Å². The molecule has 1 aromatic carbocycles. The van der Waals surface area contributed by atoms with Gasteiger partial charge in [-0.1, -0.05) is 34.4 Å². The lowest BCUT2D eigenvalue weighted by Gasteiger charge is -2.33. The lowest BCUT2D eigenvalue weighted by molar-refractivity contribution is -0.00648. The van der Waals surface area contributed by atoms with E-state index < -0.39 is 0 Å². The Morgan fingerprint density at radius 3 is 2.37 bits per heavy atom. The molecule has 0 spiro atoms. The number of hydrogen-bond donors (Lipinski definition) is 1. The normalized spacial score (nSPS) is 30.0. The van der Waals surface area contributed by atoms with Crippen LogP contribution in [-0.2, 0) is 11.3 Å². The molecule has 1 heterocycles. The van der Waals surface area contributed by atoms with Crippen molar-refractivity contribution < 1.29 is 9.26 Å². The van der Waals surface area contributed by atoms with Crippen LogP contribution in [0.15, 0.2) is 22.7 Å². The van der Waals surface area contributed by atoms with Crippen LogP contribution in [0.4, 0.5) is 0 Å². The molecule has 3 aliphatic rings. The molecule has 1 aromatic heterocycles. The number of ether oxygens (including phenoxy) is 1. The van der Waals surface area contributed by atoms with Crippen LogP contribution in [0.2, 0.25) is 10.0 Å². The lowest BCUT2D eigenvalue weighted by Crippen LogP contribution is -2.40. The average molecular weight is 407 g/mol. The minimum absolute atomic E-state index is 0.263. The summed E-state index contributed by atoms with van der Waals surface area (Å²) in [6, 6.07) is 5.87. The maximum Gasteiger partial charge on any atom is 0.145 e. The molecule has 0 radical (unpaired) electrons. The highest BCUT2D eigenvalue weighted by Gasteiger charge is 2.41. The van der Waals surface area contributed by atoms with E-state index in [2.05, 4.69) is 5.16 Å². The minimum atomic E-state index is 0.263. The molecule has 4 nitrogen and oxygen atoms in total. The second kappa shape index (κ2) is 7.07. The number of fused-ring (bicyclic) bond motifs is 2. The van der Waals surface area contributed by atoms with Gasteiger partial charge in [-0.15, -0.1) is 0 Å². The van der Waals surface area contributed by atoms with Crippen molar-refractivity contribution in [3.8, 4) is 11.3 Å². The largest absolute Gasteiger partial charge is 0.373 e. The highest BCUT2D eigenvalue weighted by Crippen LogP contribution is 2.47. The summed E-state index contributed by atoms with van der Waals surface area (Å²) in [5.41, 5.74) is 8.80. The molecule has 2 aromatic rings. The van der Waals surface area contributed by atoms with Crippen LogP contribution in [0.25, 0.3) is 11.3 Å². The van der Waals surface area contributed by atoms with Gasteiger partial charge in [-0.2, -0.15) is 0 Å². The van der Waals surface area contributed by atoms with Crippen molar-refractivity contribution in [1.82, 2.24) is 5.16 Å². The van der Waals surface area contributed by atoms with E-state index in [9.17, 15) is 0 Å². The van der Waals surface area contributed by atoms with E-state index in [4.69, 9.17) is 38.2 Å². The van der Waals surface area contributed by atoms with Crippen LogP contribution in [0.3, 0.4) is 0 Å². The molecule has 0 aliphatic heterocycles. The molecule has 0 saturated heterocycles. The van der Waals surface area contributed by atoms with Crippen molar-refractivity contribution in [2.75, 3.05) is 0 Å². The molecule has 0 amide bonds. The fraction of sp³-hybridized carbons (Fsp3) is 0.571. The Morgan fingerprint density at radius 2 is 1.74 bits per heavy atom. The SMILES string of the molecule is NC1[C@@H]2CC[C@H]1CC(OCc1c(-c3c(Cl)cccc3Cl)noc1C1CC1)C2. The van der Waals surface area contributed by atoms with Crippen molar-refractivity contribution in [3.05, 3.63) is 39.6 Å². The average Bonchev–Trinajstić information content (AvgIpc) is 3.38. The van der Waals surface area contributed by atoms with Crippen molar-refractivity contribution in [2.24, 2.45) is 17.6 Å². The van der Waals surface area contributed by atoms with Gasteiger partial charge in [0.25, 0.3) is 0 Å². The molecular formula is C21H24Cl2N2O2. The van der Waals surface area contributed by atoms with Crippen LogP contribution in [0.5, 0.6) is 0 Å². The predicted octanol–water partition coefficient (Wildman–Crippen LogP) is 5.56. The summed E-state index contributed by atoms with van der Waals surface area (Å²) in [5, 5.41) is 5.51. The summed E-state index contributed by atoms with van der Waals surface area (Å²) < 4.78 is 12.1. The van der Waals surface area contributed by atoms with Gasteiger partial charge in [-0.25, -0.2) is 0 Å². The zero-order valence-corrected chi connectivity index (χ0v) is 16.7. The molecule has 144 valence electrons. The lowest BCUT2D eigenvalue weighted by atomic mass is 9.83. The molecule has 2 N–H and O–H groups in total. The zero-order chi connectivity index (χ0) is 18.5.